The van der Waals surface area contributed by atoms with Gasteiger partial charge in [-0.2, -0.15) is 15.0 Å². The molecule has 0 unspecified atom stereocenters. The quantitative estimate of drug-likeness (QED) is 0.829. The smallest absolute Gasteiger partial charge is 0.231 e. The summed E-state index contributed by atoms with van der Waals surface area (Å²) < 4.78 is 0. The van der Waals surface area contributed by atoms with Gasteiger partial charge in [-0.05, 0) is 25.4 Å². The summed E-state index contributed by atoms with van der Waals surface area (Å²) in [6, 6.07) is 0.585. The number of halogens is 1. The average Bonchev–Trinajstić information content (AvgIpc) is 2.38. The van der Waals surface area contributed by atoms with Crippen molar-refractivity contribution in [1.29, 1.82) is 0 Å². The lowest BCUT2D eigenvalue weighted by atomic mass is 10.2. The molecular formula is C12H21ClN6. The molecule has 1 fully saturated rings. The van der Waals surface area contributed by atoms with E-state index in [1.807, 2.05) is 19.0 Å². The maximum absolute atomic E-state index is 5.97. The zero-order chi connectivity index (χ0) is 14.0. The van der Waals surface area contributed by atoms with Gasteiger partial charge in [0.25, 0.3) is 0 Å². The van der Waals surface area contributed by atoms with Crippen LogP contribution < -0.4 is 9.80 Å². The van der Waals surface area contributed by atoms with E-state index >= 15 is 0 Å². The number of nitrogens with zero attached hydrogens (tertiary/aromatic N) is 6. The molecule has 19 heavy (non-hydrogen) atoms. The first-order valence-corrected chi connectivity index (χ1v) is 6.93. The maximum Gasteiger partial charge on any atom is 0.231 e. The molecule has 2 rings (SSSR count). The predicted molar refractivity (Wildman–Crippen MR) is 78.1 cm³/mol. The predicted octanol–water partition coefficient (Wildman–Crippen LogP) is 1.12. The number of hydrogen-bond acceptors (Lipinski definition) is 6. The molecule has 0 radical (unpaired) electrons. The monoisotopic (exact) mass is 284 g/mol. The Labute approximate surface area is 119 Å². The molecule has 1 aromatic rings. The van der Waals surface area contributed by atoms with Gasteiger partial charge in [0.1, 0.15) is 0 Å². The van der Waals surface area contributed by atoms with Crippen molar-refractivity contribution in [2.45, 2.75) is 19.9 Å². The van der Waals surface area contributed by atoms with Crippen molar-refractivity contribution in [1.82, 2.24) is 19.9 Å². The van der Waals surface area contributed by atoms with Gasteiger partial charge in [-0.3, -0.25) is 4.90 Å². The highest BCUT2D eigenvalue weighted by Gasteiger charge is 2.21. The zero-order valence-corrected chi connectivity index (χ0v) is 12.7. The summed E-state index contributed by atoms with van der Waals surface area (Å²) in [6.45, 7) is 8.34. The summed E-state index contributed by atoms with van der Waals surface area (Å²) in [5.74, 6) is 1.27. The standard InChI is InChI=1S/C12H21ClN6/c1-9(2)18-5-7-19(8-6-18)12-15-10(13)14-11(16-12)17(3)4/h9H,5-8H2,1-4H3. The summed E-state index contributed by atoms with van der Waals surface area (Å²) in [7, 11) is 3.79. The van der Waals surface area contributed by atoms with Crippen molar-refractivity contribution in [3.8, 4) is 0 Å². The van der Waals surface area contributed by atoms with E-state index in [1.54, 1.807) is 0 Å². The second kappa shape index (κ2) is 5.88. The zero-order valence-electron chi connectivity index (χ0n) is 12.0. The number of aromatic nitrogens is 3. The molecule has 1 aliphatic rings. The van der Waals surface area contributed by atoms with Crippen molar-refractivity contribution in [3.63, 3.8) is 0 Å². The lowest BCUT2D eigenvalue weighted by molar-refractivity contribution is 0.208. The molecule has 0 spiro atoms. The molecule has 0 aliphatic carbocycles. The highest BCUT2D eigenvalue weighted by Crippen LogP contribution is 2.17. The Balaban J connectivity index is 2.11. The molecule has 0 saturated carbocycles. The second-order valence-corrected chi connectivity index (χ2v) is 5.55. The molecule has 0 N–H and O–H groups in total. The van der Waals surface area contributed by atoms with E-state index in [-0.39, 0.29) is 5.28 Å². The molecule has 6 nitrogen and oxygen atoms in total. The highest BCUT2D eigenvalue weighted by molar-refractivity contribution is 6.28. The average molecular weight is 285 g/mol. The first-order chi connectivity index (χ1) is 8.97. The summed E-state index contributed by atoms with van der Waals surface area (Å²) in [4.78, 5) is 19.2. The lowest BCUT2D eigenvalue weighted by Crippen LogP contribution is -2.49. The van der Waals surface area contributed by atoms with Gasteiger partial charge in [0.05, 0.1) is 0 Å². The van der Waals surface area contributed by atoms with Crippen LogP contribution >= 0.6 is 11.6 Å². The molecule has 106 valence electrons. The van der Waals surface area contributed by atoms with Crippen LogP contribution in [-0.2, 0) is 0 Å². The normalized spacial score (nSPS) is 17.1. The van der Waals surface area contributed by atoms with Crippen molar-refractivity contribution >= 4 is 23.5 Å². The van der Waals surface area contributed by atoms with Crippen LogP contribution in [0, 0.1) is 0 Å². The second-order valence-electron chi connectivity index (χ2n) is 5.22. The Morgan fingerprint density at radius 1 is 1.05 bits per heavy atom. The van der Waals surface area contributed by atoms with Gasteiger partial charge in [0, 0.05) is 46.3 Å². The van der Waals surface area contributed by atoms with Crippen molar-refractivity contribution in [2.24, 2.45) is 0 Å². The molecule has 1 saturated heterocycles. The minimum absolute atomic E-state index is 0.250. The van der Waals surface area contributed by atoms with E-state index in [0.29, 0.717) is 17.9 Å². The molecule has 0 bridgehead atoms. The summed E-state index contributed by atoms with van der Waals surface area (Å²) in [5, 5.41) is 0.250. The van der Waals surface area contributed by atoms with Gasteiger partial charge < -0.3 is 9.80 Å². The van der Waals surface area contributed by atoms with E-state index < -0.39 is 0 Å². The molecule has 2 heterocycles. The van der Waals surface area contributed by atoms with Crippen LogP contribution in [0.4, 0.5) is 11.9 Å². The first-order valence-electron chi connectivity index (χ1n) is 6.55. The van der Waals surface area contributed by atoms with Crippen LogP contribution in [-0.4, -0.2) is 66.2 Å². The molecule has 7 heteroatoms. The van der Waals surface area contributed by atoms with Crippen molar-refractivity contribution in [3.05, 3.63) is 5.28 Å². The van der Waals surface area contributed by atoms with E-state index in [9.17, 15) is 0 Å². The topological polar surface area (TPSA) is 48.4 Å². The van der Waals surface area contributed by atoms with Gasteiger partial charge >= 0.3 is 0 Å². The summed E-state index contributed by atoms with van der Waals surface area (Å²) >= 11 is 5.97. The molecule has 0 aromatic carbocycles. The fourth-order valence-electron chi connectivity index (χ4n) is 2.11. The highest BCUT2D eigenvalue weighted by atomic mass is 35.5. The summed E-state index contributed by atoms with van der Waals surface area (Å²) in [5.41, 5.74) is 0. The number of hydrogen-bond donors (Lipinski definition) is 0. The Morgan fingerprint density at radius 2 is 1.68 bits per heavy atom. The van der Waals surface area contributed by atoms with Crippen LogP contribution in [0.1, 0.15) is 13.8 Å². The molecule has 1 aromatic heterocycles. The maximum atomic E-state index is 5.97. The van der Waals surface area contributed by atoms with Gasteiger partial charge in [-0.15, -0.1) is 0 Å². The largest absolute Gasteiger partial charge is 0.347 e. The van der Waals surface area contributed by atoms with Gasteiger partial charge in [-0.25, -0.2) is 0 Å². The molecule has 1 aliphatic heterocycles. The summed E-state index contributed by atoms with van der Waals surface area (Å²) in [6.07, 6.45) is 0. The third-order valence-electron chi connectivity index (χ3n) is 3.31. The van der Waals surface area contributed by atoms with E-state index in [1.165, 1.54) is 0 Å². The van der Waals surface area contributed by atoms with Gasteiger partial charge in [0.15, 0.2) is 0 Å². The van der Waals surface area contributed by atoms with Crippen LogP contribution in [0.15, 0.2) is 0 Å². The van der Waals surface area contributed by atoms with E-state index in [0.717, 1.165) is 26.2 Å². The fourth-order valence-corrected chi connectivity index (χ4v) is 2.26. The Hall–Kier alpha value is -1.14. The first kappa shape index (κ1) is 14.3. The van der Waals surface area contributed by atoms with Crippen LogP contribution in [0.25, 0.3) is 0 Å². The van der Waals surface area contributed by atoms with Crippen molar-refractivity contribution in [2.75, 3.05) is 50.1 Å². The van der Waals surface area contributed by atoms with E-state index in [2.05, 4.69) is 38.6 Å². The molecule has 0 amide bonds. The number of anilines is 2. The van der Waals surface area contributed by atoms with Gasteiger partial charge in [-0.1, -0.05) is 0 Å². The van der Waals surface area contributed by atoms with Crippen LogP contribution in [0.2, 0.25) is 5.28 Å². The fraction of sp³-hybridized carbons (Fsp3) is 0.750. The van der Waals surface area contributed by atoms with Crippen molar-refractivity contribution < 1.29 is 0 Å². The Bertz CT molecular complexity index is 428. The number of rotatable bonds is 3. The van der Waals surface area contributed by atoms with E-state index in [4.69, 9.17) is 11.6 Å². The minimum atomic E-state index is 0.250. The minimum Gasteiger partial charge on any atom is -0.347 e. The van der Waals surface area contributed by atoms with Crippen LogP contribution in [0.3, 0.4) is 0 Å². The Morgan fingerprint density at radius 3 is 2.21 bits per heavy atom. The third kappa shape index (κ3) is 3.45. The SMILES string of the molecule is CC(C)N1CCN(c2nc(Cl)nc(N(C)C)n2)CC1. The van der Waals surface area contributed by atoms with Crippen LogP contribution in [0.5, 0.6) is 0 Å². The lowest BCUT2D eigenvalue weighted by Gasteiger charge is -2.36. The third-order valence-corrected chi connectivity index (χ3v) is 3.48. The number of piperazine rings is 1. The molecular weight excluding hydrogens is 264 g/mol. The Kier molecular flexibility index (Phi) is 4.42. The molecule has 0 atom stereocenters. The van der Waals surface area contributed by atoms with Gasteiger partial charge in [0.2, 0.25) is 17.2 Å².